The third-order valence-corrected chi connectivity index (χ3v) is 4.70. The van der Waals surface area contributed by atoms with Crippen molar-refractivity contribution in [3.63, 3.8) is 0 Å². The van der Waals surface area contributed by atoms with E-state index in [4.69, 9.17) is 5.73 Å². The van der Waals surface area contributed by atoms with Crippen molar-refractivity contribution in [3.8, 4) is 0 Å². The Hall–Kier alpha value is -1.48. The fourth-order valence-electron chi connectivity index (χ4n) is 3.38. The fourth-order valence-corrected chi connectivity index (χ4v) is 3.38. The molecule has 2 N–H and O–H groups in total. The summed E-state index contributed by atoms with van der Waals surface area (Å²) >= 11 is 0. The maximum Gasteiger partial charge on any atom is 0.248 e. The highest BCUT2D eigenvalue weighted by atomic mass is 19.3. The van der Waals surface area contributed by atoms with Gasteiger partial charge in [0, 0.05) is 18.9 Å². The SMILES string of the molecule is NC(Cc1cccc2ccccc12)C1CCC(F)(F)CC1. The number of alkyl halides is 2. The number of halogens is 2. The molecule has 0 bridgehead atoms. The number of rotatable bonds is 3. The molecule has 3 heteroatoms. The minimum absolute atomic E-state index is 0.0130. The summed E-state index contributed by atoms with van der Waals surface area (Å²) < 4.78 is 26.5. The van der Waals surface area contributed by atoms with E-state index in [0.29, 0.717) is 12.8 Å². The molecule has 112 valence electrons. The molecule has 1 atom stereocenters. The Labute approximate surface area is 124 Å². The molecule has 0 heterocycles. The molecule has 2 aromatic rings. The van der Waals surface area contributed by atoms with Crippen LogP contribution in [-0.4, -0.2) is 12.0 Å². The summed E-state index contributed by atoms with van der Waals surface area (Å²) in [5.74, 6) is -2.26. The van der Waals surface area contributed by atoms with Crippen LogP contribution < -0.4 is 5.73 Å². The minimum atomic E-state index is -2.48. The number of hydrogen-bond acceptors (Lipinski definition) is 1. The van der Waals surface area contributed by atoms with E-state index in [-0.39, 0.29) is 24.8 Å². The van der Waals surface area contributed by atoms with Gasteiger partial charge in [-0.25, -0.2) is 8.78 Å². The average Bonchev–Trinajstić information content (AvgIpc) is 2.47. The van der Waals surface area contributed by atoms with Crippen LogP contribution in [0.2, 0.25) is 0 Å². The van der Waals surface area contributed by atoms with Gasteiger partial charge in [0.2, 0.25) is 5.92 Å². The van der Waals surface area contributed by atoms with Crippen molar-refractivity contribution in [2.45, 2.75) is 44.1 Å². The van der Waals surface area contributed by atoms with Gasteiger partial charge >= 0.3 is 0 Å². The molecule has 0 aromatic heterocycles. The van der Waals surface area contributed by atoms with Gasteiger partial charge in [-0.2, -0.15) is 0 Å². The molecule has 2 aromatic carbocycles. The third-order valence-electron chi connectivity index (χ3n) is 4.70. The Balaban J connectivity index is 1.73. The lowest BCUT2D eigenvalue weighted by atomic mass is 9.80. The van der Waals surface area contributed by atoms with E-state index in [1.165, 1.54) is 16.3 Å². The monoisotopic (exact) mass is 289 g/mol. The zero-order valence-corrected chi connectivity index (χ0v) is 12.1. The van der Waals surface area contributed by atoms with E-state index in [0.717, 1.165) is 6.42 Å². The van der Waals surface area contributed by atoms with Crippen molar-refractivity contribution in [2.75, 3.05) is 0 Å². The molecule has 1 aliphatic carbocycles. The van der Waals surface area contributed by atoms with Crippen LogP contribution >= 0.6 is 0 Å². The summed E-state index contributed by atoms with van der Waals surface area (Å²) in [6.45, 7) is 0. The van der Waals surface area contributed by atoms with Crippen LogP contribution in [0.15, 0.2) is 42.5 Å². The van der Waals surface area contributed by atoms with Crippen molar-refractivity contribution in [2.24, 2.45) is 11.7 Å². The van der Waals surface area contributed by atoms with E-state index in [9.17, 15) is 8.78 Å². The van der Waals surface area contributed by atoms with Crippen LogP contribution in [-0.2, 0) is 6.42 Å². The molecule has 1 nitrogen and oxygen atoms in total. The van der Waals surface area contributed by atoms with E-state index >= 15 is 0 Å². The van der Waals surface area contributed by atoms with Crippen molar-refractivity contribution >= 4 is 10.8 Å². The first-order valence-corrected chi connectivity index (χ1v) is 7.65. The summed E-state index contributed by atoms with van der Waals surface area (Å²) in [5, 5.41) is 2.42. The molecule has 1 fully saturated rings. The molecule has 1 saturated carbocycles. The number of fused-ring (bicyclic) bond motifs is 1. The van der Waals surface area contributed by atoms with E-state index < -0.39 is 5.92 Å². The first-order valence-electron chi connectivity index (χ1n) is 7.65. The third kappa shape index (κ3) is 3.24. The van der Waals surface area contributed by atoms with Crippen LogP contribution in [0.4, 0.5) is 8.78 Å². The predicted molar refractivity (Wildman–Crippen MR) is 82.5 cm³/mol. The Kier molecular flexibility index (Phi) is 3.94. The second kappa shape index (κ2) is 5.72. The van der Waals surface area contributed by atoms with E-state index in [1.54, 1.807) is 0 Å². The Morgan fingerprint density at radius 3 is 2.48 bits per heavy atom. The second-order valence-electron chi connectivity index (χ2n) is 6.20. The van der Waals surface area contributed by atoms with Gasteiger partial charge in [-0.1, -0.05) is 42.5 Å². The van der Waals surface area contributed by atoms with Gasteiger partial charge in [0.25, 0.3) is 0 Å². The molecular formula is C18H21F2N. The molecule has 0 aliphatic heterocycles. The summed E-state index contributed by atoms with van der Waals surface area (Å²) in [5.41, 5.74) is 7.54. The molecular weight excluding hydrogens is 268 g/mol. The zero-order valence-electron chi connectivity index (χ0n) is 12.1. The first-order chi connectivity index (χ1) is 10.1. The largest absolute Gasteiger partial charge is 0.327 e. The lowest BCUT2D eigenvalue weighted by molar-refractivity contribution is -0.0481. The van der Waals surface area contributed by atoms with Crippen molar-refractivity contribution in [3.05, 3.63) is 48.0 Å². The quantitative estimate of drug-likeness (QED) is 0.882. The van der Waals surface area contributed by atoms with Crippen molar-refractivity contribution in [1.29, 1.82) is 0 Å². The molecule has 3 rings (SSSR count). The average molecular weight is 289 g/mol. The number of hydrogen-bond donors (Lipinski definition) is 1. The maximum absolute atomic E-state index is 13.2. The van der Waals surface area contributed by atoms with Gasteiger partial charge in [-0.05, 0) is 41.5 Å². The highest BCUT2D eigenvalue weighted by Crippen LogP contribution is 2.37. The number of nitrogens with two attached hydrogens (primary N) is 1. The van der Waals surface area contributed by atoms with Crippen LogP contribution in [0, 0.1) is 5.92 Å². The van der Waals surface area contributed by atoms with Gasteiger partial charge in [-0.15, -0.1) is 0 Å². The van der Waals surface area contributed by atoms with E-state index in [1.807, 2.05) is 18.2 Å². The maximum atomic E-state index is 13.2. The molecule has 1 unspecified atom stereocenters. The highest BCUT2D eigenvalue weighted by molar-refractivity contribution is 5.85. The van der Waals surface area contributed by atoms with Crippen molar-refractivity contribution < 1.29 is 8.78 Å². The summed E-state index contributed by atoms with van der Waals surface area (Å²) in [6.07, 6.45) is 1.82. The summed E-state index contributed by atoms with van der Waals surface area (Å²) in [6, 6.07) is 14.4. The lowest BCUT2D eigenvalue weighted by Gasteiger charge is -2.32. The zero-order chi connectivity index (χ0) is 14.9. The molecule has 1 aliphatic rings. The number of benzene rings is 2. The highest BCUT2D eigenvalue weighted by Gasteiger charge is 2.36. The standard InChI is InChI=1S/C18H21F2N/c19-18(20)10-8-14(9-11-18)17(21)12-15-6-3-5-13-4-1-2-7-16(13)15/h1-7,14,17H,8-12,21H2. The van der Waals surface area contributed by atoms with E-state index in [2.05, 4.69) is 24.3 Å². The molecule has 0 radical (unpaired) electrons. The minimum Gasteiger partial charge on any atom is -0.327 e. The predicted octanol–water partition coefficient (Wildman–Crippen LogP) is 4.54. The first kappa shape index (κ1) is 14.5. The molecule has 0 spiro atoms. The van der Waals surface area contributed by atoms with Gasteiger partial charge in [0.1, 0.15) is 0 Å². The Bertz CT molecular complexity index is 608. The van der Waals surface area contributed by atoms with Crippen LogP contribution in [0.25, 0.3) is 10.8 Å². The molecule has 21 heavy (non-hydrogen) atoms. The van der Waals surface area contributed by atoms with Gasteiger partial charge in [-0.3, -0.25) is 0 Å². The van der Waals surface area contributed by atoms with Gasteiger partial charge in [0.05, 0.1) is 0 Å². The second-order valence-corrected chi connectivity index (χ2v) is 6.20. The molecule has 0 saturated heterocycles. The fraction of sp³-hybridized carbons (Fsp3) is 0.444. The lowest BCUT2D eigenvalue weighted by Crippen LogP contribution is -2.37. The topological polar surface area (TPSA) is 26.0 Å². The van der Waals surface area contributed by atoms with Crippen LogP contribution in [0.1, 0.15) is 31.2 Å². The normalized spacial score (nSPS) is 20.5. The summed E-state index contributed by atoms with van der Waals surface area (Å²) in [4.78, 5) is 0. The van der Waals surface area contributed by atoms with Gasteiger partial charge in [0.15, 0.2) is 0 Å². The summed E-state index contributed by atoms with van der Waals surface area (Å²) in [7, 11) is 0. The van der Waals surface area contributed by atoms with Crippen LogP contribution in [0.5, 0.6) is 0 Å². The van der Waals surface area contributed by atoms with Crippen molar-refractivity contribution in [1.82, 2.24) is 0 Å². The van der Waals surface area contributed by atoms with Crippen LogP contribution in [0.3, 0.4) is 0 Å². The molecule has 0 amide bonds. The van der Waals surface area contributed by atoms with Gasteiger partial charge < -0.3 is 5.73 Å². The smallest absolute Gasteiger partial charge is 0.248 e. The Morgan fingerprint density at radius 2 is 1.71 bits per heavy atom. The Morgan fingerprint density at radius 1 is 1.05 bits per heavy atom.